The summed E-state index contributed by atoms with van der Waals surface area (Å²) < 4.78 is 0. The summed E-state index contributed by atoms with van der Waals surface area (Å²) in [6, 6.07) is 2.86. The van der Waals surface area contributed by atoms with Gasteiger partial charge in [-0.3, -0.25) is 10.6 Å². The first-order valence-corrected chi connectivity index (χ1v) is 5.17. The quantitative estimate of drug-likeness (QED) is 0.418. The molecule has 0 saturated carbocycles. The molecule has 9 nitrogen and oxygen atoms in total. The first-order valence-electron chi connectivity index (χ1n) is 5.17. The van der Waals surface area contributed by atoms with Crippen LogP contribution < -0.4 is 16.6 Å². The second-order valence-corrected chi connectivity index (χ2v) is 3.54. The van der Waals surface area contributed by atoms with Gasteiger partial charge in [-0.25, -0.2) is 4.98 Å². The van der Waals surface area contributed by atoms with Crippen LogP contribution in [0.25, 0.3) is 0 Å². The van der Waals surface area contributed by atoms with Crippen molar-refractivity contribution >= 4 is 11.6 Å². The van der Waals surface area contributed by atoms with Crippen molar-refractivity contribution in [2.45, 2.75) is 13.0 Å². The maximum atomic E-state index is 11.8. The van der Waals surface area contributed by atoms with Crippen molar-refractivity contribution in [3.05, 3.63) is 29.8 Å². The fourth-order valence-electron chi connectivity index (χ4n) is 1.30. The molecule has 1 atom stereocenters. The van der Waals surface area contributed by atoms with E-state index in [9.17, 15) is 4.79 Å². The lowest BCUT2D eigenvalue weighted by Gasteiger charge is -2.09. The second kappa shape index (κ2) is 5.19. The van der Waals surface area contributed by atoms with E-state index in [1.807, 2.05) is 0 Å². The van der Waals surface area contributed by atoms with E-state index in [2.05, 4.69) is 36.4 Å². The molecular formula is C9H12N8O. The zero-order chi connectivity index (χ0) is 13.0. The van der Waals surface area contributed by atoms with E-state index in [0.29, 0.717) is 11.5 Å². The highest BCUT2D eigenvalue weighted by molar-refractivity contribution is 5.92. The normalized spacial score (nSPS) is 11.9. The number of nitrogens with zero attached hydrogens (tertiary/aromatic N) is 4. The van der Waals surface area contributed by atoms with Crippen molar-refractivity contribution in [1.29, 1.82) is 0 Å². The van der Waals surface area contributed by atoms with Gasteiger partial charge in [0.15, 0.2) is 5.82 Å². The van der Waals surface area contributed by atoms with Gasteiger partial charge in [0.1, 0.15) is 5.69 Å². The van der Waals surface area contributed by atoms with Crippen LogP contribution >= 0.6 is 0 Å². The van der Waals surface area contributed by atoms with E-state index in [-0.39, 0.29) is 17.6 Å². The third-order valence-corrected chi connectivity index (χ3v) is 2.26. The van der Waals surface area contributed by atoms with Crippen molar-refractivity contribution in [2.24, 2.45) is 5.84 Å². The monoisotopic (exact) mass is 248 g/mol. The molecule has 0 aliphatic rings. The van der Waals surface area contributed by atoms with Gasteiger partial charge in [-0.1, -0.05) is 5.21 Å². The van der Waals surface area contributed by atoms with Crippen LogP contribution in [0.15, 0.2) is 18.3 Å². The van der Waals surface area contributed by atoms with Crippen molar-refractivity contribution in [1.82, 2.24) is 30.9 Å². The summed E-state index contributed by atoms with van der Waals surface area (Å²) in [6.45, 7) is 1.75. The summed E-state index contributed by atoms with van der Waals surface area (Å²) in [4.78, 5) is 15.8. The zero-order valence-corrected chi connectivity index (χ0v) is 9.58. The van der Waals surface area contributed by atoms with Gasteiger partial charge in [-0.15, -0.1) is 10.2 Å². The highest BCUT2D eigenvalue weighted by Crippen LogP contribution is 2.07. The number of rotatable bonds is 4. The number of carbonyl (C=O) groups excluding carboxylic acids is 1. The Kier molecular flexibility index (Phi) is 3.44. The fraction of sp³-hybridized carbons (Fsp3) is 0.222. The molecule has 0 radical (unpaired) electrons. The van der Waals surface area contributed by atoms with E-state index in [4.69, 9.17) is 5.84 Å². The van der Waals surface area contributed by atoms with E-state index in [0.717, 1.165) is 0 Å². The molecular weight excluding hydrogens is 236 g/mol. The van der Waals surface area contributed by atoms with E-state index in [1.165, 1.54) is 6.20 Å². The molecule has 5 N–H and O–H groups in total. The molecule has 1 unspecified atom stereocenters. The second-order valence-electron chi connectivity index (χ2n) is 3.54. The third kappa shape index (κ3) is 2.58. The van der Waals surface area contributed by atoms with Crippen LogP contribution in [0, 0.1) is 0 Å². The summed E-state index contributed by atoms with van der Waals surface area (Å²) in [5.41, 5.74) is 3.33. The molecule has 2 aromatic heterocycles. The maximum Gasteiger partial charge on any atom is 0.270 e. The number of carbonyl (C=O) groups is 1. The Morgan fingerprint density at radius 2 is 2.33 bits per heavy atom. The Hall–Kier alpha value is -2.55. The highest BCUT2D eigenvalue weighted by Gasteiger charge is 2.15. The van der Waals surface area contributed by atoms with Crippen LogP contribution in [-0.4, -0.2) is 31.5 Å². The van der Waals surface area contributed by atoms with Crippen LogP contribution in [0.3, 0.4) is 0 Å². The SMILES string of the molecule is CC(NC(=O)c1ccc(NN)cn1)c1nn[nH]n1. The van der Waals surface area contributed by atoms with Gasteiger partial charge < -0.3 is 10.7 Å². The summed E-state index contributed by atoms with van der Waals surface area (Å²) >= 11 is 0. The number of aromatic amines is 1. The van der Waals surface area contributed by atoms with Crippen molar-refractivity contribution < 1.29 is 4.79 Å². The Labute approximate surface area is 102 Å². The summed E-state index contributed by atoms with van der Waals surface area (Å²) in [6.07, 6.45) is 1.47. The van der Waals surface area contributed by atoms with E-state index >= 15 is 0 Å². The molecule has 0 aliphatic heterocycles. The summed E-state index contributed by atoms with van der Waals surface area (Å²) in [5.74, 6) is 5.29. The highest BCUT2D eigenvalue weighted by atomic mass is 16.1. The lowest BCUT2D eigenvalue weighted by atomic mass is 10.2. The molecule has 2 heterocycles. The van der Waals surface area contributed by atoms with Crippen molar-refractivity contribution in [3.63, 3.8) is 0 Å². The van der Waals surface area contributed by atoms with Gasteiger partial charge >= 0.3 is 0 Å². The van der Waals surface area contributed by atoms with Crippen LogP contribution in [0.5, 0.6) is 0 Å². The van der Waals surface area contributed by atoms with Crippen molar-refractivity contribution in [2.75, 3.05) is 5.43 Å². The molecule has 94 valence electrons. The minimum atomic E-state index is -0.356. The molecule has 1 amide bonds. The van der Waals surface area contributed by atoms with Crippen LogP contribution in [0.4, 0.5) is 5.69 Å². The van der Waals surface area contributed by atoms with Crippen LogP contribution in [0.1, 0.15) is 29.3 Å². The largest absolute Gasteiger partial charge is 0.341 e. The fourth-order valence-corrected chi connectivity index (χ4v) is 1.30. The predicted molar refractivity (Wildman–Crippen MR) is 62.1 cm³/mol. The van der Waals surface area contributed by atoms with Gasteiger partial charge in [0.05, 0.1) is 17.9 Å². The van der Waals surface area contributed by atoms with Gasteiger partial charge in [0.2, 0.25) is 0 Å². The van der Waals surface area contributed by atoms with E-state index < -0.39 is 0 Å². The Morgan fingerprint density at radius 3 is 2.89 bits per heavy atom. The lowest BCUT2D eigenvalue weighted by molar-refractivity contribution is 0.0933. The number of tetrazole rings is 1. The molecule has 0 aliphatic carbocycles. The number of nitrogens with two attached hydrogens (primary N) is 1. The summed E-state index contributed by atoms with van der Waals surface area (Å²) in [7, 11) is 0. The molecule has 2 aromatic rings. The Morgan fingerprint density at radius 1 is 1.50 bits per heavy atom. The molecule has 0 fully saturated rings. The van der Waals surface area contributed by atoms with Crippen LogP contribution in [0.2, 0.25) is 0 Å². The average Bonchev–Trinajstić information content (AvgIpc) is 2.92. The minimum Gasteiger partial charge on any atom is -0.341 e. The zero-order valence-electron chi connectivity index (χ0n) is 9.58. The number of hydrazine groups is 1. The lowest BCUT2D eigenvalue weighted by Crippen LogP contribution is -2.28. The first kappa shape index (κ1) is 11.9. The molecule has 0 bridgehead atoms. The van der Waals surface area contributed by atoms with Gasteiger partial charge in [0.25, 0.3) is 5.91 Å². The molecule has 18 heavy (non-hydrogen) atoms. The molecule has 0 aromatic carbocycles. The number of nitrogens with one attached hydrogen (secondary N) is 3. The molecule has 0 saturated heterocycles. The average molecular weight is 248 g/mol. The number of anilines is 1. The Balaban J connectivity index is 2.03. The third-order valence-electron chi connectivity index (χ3n) is 2.26. The minimum absolute atomic E-state index is 0.282. The van der Waals surface area contributed by atoms with E-state index in [1.54, 1.807) is 19.1 Å². The number of amides is 1. The van der Waals surface area contributed by atoms with Crippen molar-refractivity contribution in [3.8, 4) is 0 Å². The number of hydrogen-bond donors (Lipinski definition) is 4. The number of pyridine rings is 1. The molecule has 0 spiro atoms. The van der Waals surface area contributed by atoms with Gasteiger partial charge in [-0.2, -0.15) is 5.21 Å². The summed E-state index contributed by atoms with van der Waals surface area (Å²) in [5, 5.41) is 16.0. The first-order chi connectivity index (χ1) is 8.70. The molecule has 2 rings (SSSR count). The predicted octanol–water partition coefficient (Wildman–Crippen LogP) is -0.629. The Bertz CT molecular complexity index is 508. The number of hydrogen-bond acceptors (Lipinski definition) is 7. The molecule has 9 heteroatoms. The van der Waals surface area contributed by atoms with Gasteiger partial charge in [0, 0.05) is 0 Å². The number of H-pyrrole nitrogens is 1. The maximum absolute atomic E-state index is 11.8. The van der Waals surface area contributed by atoms with Gasteiger partial charge in [-0.05, 0) is 19.1 Å². The number of aromatic nitrogens is 5. The van der Waals surface area contributed by atoms with Crippen LogP contribution in [-0.2, 0) is 0 Å². The topological polar surface area (TPSA) is 134 Å². The standard InChI is InChI=1S/C9H12N8O/c1-5(8-14-16-17-15-8)12-9(18)7-3-2-6(13-10)4-11-7/h2-5,13H,10H2,1H3,(H,12,18)(H,14,15,16,17). The number of nitrogen functional groups attached to an aromatic ring is 1. The smallest absolute Gasteiger partial charge is 0.270 e.